The molecule has 3 aromatic rings. The van der Waals surface area contributed by atoms with E-state index >= 15 is 0 Å². The Morgan fingerprint density at radius 2 is 1.37 bits per heavy atom. The van der Waals surface area contributed by atoms with Gasteiger partial charge in [-0.3, -0.25) is 9.59 Å². The molecule has 5 heteroatoms. The second kappa shape index (κ2) is 8.19. The van der Waals surface area contributed by atoms with E-state index in [2.05, 4.69) is 10.6 Å². The van der Waals surface area contributed by atoms with Gasteiger partial charge in [-0.05, 0) is 49.7 Å². The van der Waals surface area contributed by atoms with Gasteiger partial charge >= 0.3 is 11.8 Å². The molecular weight excluding hydrogens is 340 g/mol. The lowest BCUT2D eigenvalue weighted by atomic mass is 10.1. The number of hydrogen-bond donors (Lipinski definition) is 2. The third-order valence-corrected chi connectivity index (χ3v) is 3.94. The van der Waals surface area contributed by atoms with Crippen molar-refractivity contribution in [3.8, 4) is 11.5 Å². The quantitative estimate of drug-likeness (QED) is 0.664. The largest absolute Gasteiger partial charge is 0.455 e. The number of anilines is 2. The third-order valence-electron chi connectivity index (χ3n) is 3.94. The first kappa shape index (κ1) is 18.2. The van der Waals surface area contributed by atoms with Gasteiger partial charge in [-0.25, -0.2) is 0 Å². The van der Waals surface area contributed by atoms with Crippen molar-refractivity contribution < 1.29 is 14.3 Å². The molecule has 2 N–H and O–H groups in total. The fourth-order valence-electron chi connectivity index (χ4n) is 2.59. The van der Waals surface area contributed by atoms with Crippen LogP contribution in [0.3, 0.4) is 0 Å². The molecule has 0 heterocycles. The maximum absolute atomic E-state index is 12.3. The molecule has 3 rings (SSSR count). The van der Waals surface area contributed by atoms with E-state index in [0.717, 1.165) is 11.1 Å². The third kappa shape index (κ3) is 4.73. The summed E-state index contributed by atoms with van der Waals surface area (Å²) in [7, 11) is 0. The van der Waals surface area contributed by atoms with E-state index in [0.29, 0.717) is 22.9 Å². The molecule has 0 aliphatic rings. The minimum Gasteiger partial charge on any atom is -0.455 e. The molecule has 0 atom stereocenters. The lowest BCUT2D eigenvalue weighted by Crippen LogP contribution is -2.29. The molecule has 3 aromatic carbocycles. The summed E-state index contributed by atoms with van der Waals surface area (Å²) in [6.45, 7) is 3.85. The maximum Gasteiger partial charge on any atom is 0.314 e. The van der Waals surface area contributed by atoms with Gasteiger partial charge in [0.05, 0.1) is 5.69 Å². The summed E-state index contributed by atoms with van der Waals surface area (Å²) in [6.07, 6.45) is 0. The van der Waals surface area contributed by atoms with Crippen LogP contribution in [0.2, 0.25) is 0 Å². The Hall–Kier alpha value is -3.60. The SMILES string of the molecule is Cc1ccc(NC(=O)C(=O)Nc2ccccc2Oc2ccccc2)c(C)c1. The number of carbonyl (C=O) groups is 2. The van der Waals surface area contributed by atoms with E-state index in [1.807, 2.05) is 56.3 Å². The average molecular weight is 360 g/mol. The molecule has 0 unspecified atom stereocenters. The van der Waals surface area contributed by atoms with Crippen molar-refractivity contribution in [3.05, 3.63) is 83.9 Å². The molecule has 0 saturated carbocycles. The lowest BCUT2D eigenvalue weighted by Gasteiger charge is -2.13. The number of carbonyl (C=O) groups excluding carboxylic acids is 2. The zero-order valence-electron chi connectivity index (χ0n) is 15.2. The predicted octanol–water partition coefficient (Wildman–Crippen LogP) is 4.67. The van der Waals surface area contributed by atoms with Crippen LogP contribution < -0.4 is 15.4 Å². The summed E-state index contributed by atoms with van der Waals surface area (Å²) >= 11 is 0. The summed E-state index contributed by atoms with van der Waals surface area (Å²) < 4.78 is 5.79. The van der Waals surface area contributed by atoms with Gasteiger partial charge in [0.15, 0.2) is 5.75 Å². The Morgan fingerprint density at radius 3 is 2.07 bits per heavy atom. The summed E-state index contributed by atoms with van der Waals surface area (Å²) in [5, 5.41) is 5.24. The molecule has 0 spiro atoms. The van der Waals surface area contributed by atoms with E-state index in [9.17, 15) is 9.59 Å². The van der Waals surface area contributed by atoms with Crippen LogP contribution in [-0.2, 0) is 9.59 Å². The van der Waals surface area contributed by atoms with Crippen molar-refractivity contribution in [3.63, 3.8) is 0 Å². The number of benzene rings is 3. The second-order valence-electron chi connectivity index (χ2n) is 6.14. The molecular formula is C22H20N2O3. The number of ether oxygens (including phenoxy) is 1. The Morgan fingerprint density at radius 1 is 0.741 bits per heavy atom. The first-order chi connectivity index (χ1) is 13.0. The second-order valence-corrected chi connectivity index (χ2v) is 6.14. The summed E-state index contributed by atoms with van der Waals surface area (Å²) in [5.41, 5.74) is 3.00. The molecule has 0 fully saturated rings. The summed E-state index contributed by atoms with van der Waals surface area (Å²) in [4.78, 5) is 24.6. The van der Waals surface area contributed by atoms with Crippen LogP contribution >= 0.6 is 0 Å². The van der Waals surface area contributed by atoms with Gasteiger partial charge < -0.3 is 15.4 Å². The van der Waals surface area contributed by atoms with E-state index in [-0.39, 0.29) is 0 Å². The first-order valence-electron chi connectivity index (χ1n) is 8.54. The Kier molecular flexibility index (Phi) is 5.52. The maximum atomic E-state index is 12.3. The minimum atomic E-state index is -0.765. The highest BCUT2D eigenvalue weighted by Gasteiger charge is 2.17. The molecule has 27 heavy (non-hydrogen) atoms. The Bertz CT molecular complexity index is 968. The van der Waals surface area contributed by atoms with Gasteiger partial charge in [-0.15, -0.1) is 0 Å². The van der Waals surface area contributed by atoms with Crippen LogP contribution in [0.5, 0.6) is 11.5 Å². The zero-order valence-corrected chi connectivity index (χ0v) is 15.2. The molecule has 0 bridgehead atoms. The van der Waals surface area contributed by atoms with E-state index in [4.69, 9.17) is 4.74 Å². The van der Waals surface area contributed by atoms with Gasteiger partial charge in [0.1, 0.15) is 5.75 Å². The molecule has 2 amide bonds. The van der Waals surface area contributed by atoms with Gasteiger partial charge in [0.25, 0.3) is 0 Å². The van der Waals surface area contributed by atoms with E-state index in [1.165, 1.54) is 0 Å². The minimum absolute atomic E-state index is 0.419. The van der Waals surface area contributed by atoms with Crippen LogP contribution in [0.15, 0.2) is 72.8 Å². The van der Waals surface area contributed by atoms with Crippen LogP contribution in [0, 0.1) is 13.8 Å². The number of para-hydroxylation sites is 3. The van der Waals surface area contributed by atoms with Crippen molar-refractivity contribution in [2.75, 3.05) is 10.6 Å². The summed E-state index contributed by atoms with van der Waals surface area (Å²) in [5.74, 6) is -0.411. The smallest absolute Gasteiger partial charge is 0.314 e. The zero-order chi connectivity index (χ0) is 19.2. The van der Waals surface area contributed by atoms with E-state index in [1.54, 1.807) is 30.3 Å². The summed E-state index contributed by atoms with van der Waals surface area (Å²) in [6, 6.07) is 21.8. The monoisotopic (exact) mass is 360 g/mol. The standard InChI is InChI=1S/C22H20N2O3/c1-15-12-13-18(16(2)14-15)23-21(25)22(26)24-19-10-6-7-11-20(19)27-17-8-4-3-5-9-17/h3-14H,1-2H3,(H,23,25)(H,24,26). The van der Waals surface area contributed by atoms with Crippen molar-refractivity contribution in [2.45, 2.75) is 13.8 Å². The normalized spacial score (nSPS) is 10.1. The van der Waals surface area contributed by atoms with Gasteiger partial charge in [-0.2, -0.15) is 0 Å². The highest BCUT2D eigenvalue weighted by atomic mass is 16.5. The predicted molar refractivity (Wildman–Crippen MR) is 106 cm³/mol. The number of nitrogens with one attached hydrogen (secondary N) is 2. The topological polar surface area (TPSA) is 67.4 Å². The lowest BCUT2D eigenvalue weighted by molar-refractivity contribution is -0.133. The van der Waals surface area contributed by atoms with Crippen LogP contribution in [-0.4, -0.2) is 11.8 Å². The number of hydrogen-bond acceptors (Lipinski definition) is 3. The van der Waals surface area contributed by atoms with Gasteiger partial charge in [0.2, 0.25) is 0 Å². The van der Waals surface area contributed by atoms with Gasteiger partial charge in [0, 0.05) is 5.69 Å². The molecule has 0 aliphatic carbocycles. The molecule has 0 aromatic heterocycles. The average Bonchev–Trinajstić information content (AvgIpc) is 2.66. The molecule has 0 radical (unpaired) electrons. The highest BCUT2D eigenvalue weighted by Crippen LogP contribution is 2.29. The van der Waals surface area contributed by atoms with E-state index < -0.39 is 11.8 Å². The van der Waals surface area contributed by atoms with Crippen molar-refractivity contribution in [1.82, 2.24) is 0 Å². The van der Waals surface area contributed by atoms with Crippen molar-refractivity contribution in [2.24, 2.45) is 0 Å². The number of aryl methyl sites for hydroxylation is 2. The Labute approximate surface area is 158 Å². The number of amides is 2. The number of rotatable bonds is 4. The highest BCUT2D eigenvalue weighted by molar-refractivity contribution is 6.43. The van der Waals surface area contributed by atoms with Crippen molar-refractivity contribution in [1.29, 1.82) is 0 Å². The van der Waals surface area contributed by atoms with Gasteiger partial charge in [-0.1, -0.05) is 48.0 Å². The fraction of sp³-hybridized carbons (Fsp3) is 0.0909. The molecule has 136 valence electrons. The fourth-order valence-corrected chi connectivity index (χ4v) is 2.59. The van der Waals surface area contributed by atoms with Crippen LogP contribution in [0.4, 0.5) is 11.4 Å². The van der Waals surface area contributed by atoms with Crippen molar-refractivity contribution >= 4 is 23.2 Å². The van der Waals surface area contributed by atoms with Crippen LogP contribution in [0.25, 0.3) is 0 Å². The first-order valence-corrected chi connectivity index (χ1v) is 8.54. The molecule has 0 saturated heterocycles. The molecule has 0 aliphatic heterocycles. The molecule has 5 nitrogen and oxygen atoms in total. The Balaban J connectivity index is 1.71. The van der Waals surface area contributed by atoms with Crippen LogP contribution in [0.1, 0.15) is 11.1 Å².